The number of amidine groups is 1. The molecule has 0 bridgehead atoms. The lowest BCUT2D eigenvalue weighted by Crippen LogP contribution is -2.32. The third-order valence-corrected chi connectivity index (χ3v) is 6.24. The highest BCUT2D eigenvalue weighted by Crippen LogP contribution is 2.30. The first-order valence-electron chi connectivity index (χ1n) is 10.2. The monoisotopic (exact) mass is 444 g/mol. The van der Waals surface area contributed by atoms with Gasteiger partial charge in [-0.2, -0.15) is 0 Å². The largest absolute Gasteiger partial charge is 0.492 e. The minimum Gasteiger partial charge on any atom is -0.492 e. The molecule has 1 aliphatic rings. The van der Waals surface area contributed by atoms with Crippen LogP contribution in [0.5, 0.6) is 5.75 Å². The number of sulfonamides is 1. The van der Waals surface area contributed by atoms with E-state index in [0.29, 0.717) is 42.9 Å². The second-order valence-electron chi connectivity index (χ2n) is 8.23. The van der Waals surface area contributed by atoms with Crippen molar-refractivity contribution in [3.63, 3.8) is 0 Å². The fourth-order valence-electron chi connectivity index (χ4n) is 3.31. The molecule has 2 aromatic carbocycles. The molecule has 0 aromatic heterocycles. The molecule has 0 unspecified atom stereocenters. The number of nitrogens with zero attached hydrogens (tertiary/aromatic N) is 1. The van der Waals surface area contributed by atoms with E-state index in [1.807, 2.05) is 44.2 Å². The van der Waals surface area contributed by atoms with Crippen LogP contribution in [-0.4, -0.2) is 33.3 Å². The van der Waals surface area contributed by atoms with Crippen molar-refractivity contribution in [3.8, 4) is 5.75 Å². The molecule has 2 N–H and O–H groups in total. The van der Waals surface area contributed by atoms with Gasteiger partial charge in [-0.1, -0.05) is 42.5 Å². The van der Waals surface area contributed by atoms with Gasteiger partial charge < -0.3 is 15.2 Å². The molecule has 1 heterocycles. The van der Waals surface area contributed by atoms with Crippen LogP contribution < -0.4 is 10.5 Å². The smallest absolute Gasteiger partial charge is 0.259 e. The molecule has 0 aliphatic carbocycles. The lowest BCUT2D eigenvalue weighted by Gasteiger charge is -2.25. The maximum absolute atomic E-state index is 12.7. The number of rotatable bonds is 10. The summed E-state index contributed by atoms with van der Waals surface area (Å²) in [5, 5.41) is 0. The molecule has 1 aliphatic heterocycles. The summed E-state index contributed by atoms with van der Waals surface area (Å²) in [6, 6.07) is 15.0. The van der Waals surface area contributed by atoms with E-state index in [1.165, 1.54) is 0 Å². The van der Waals surface area contributed by atoms with Crippen LogP contribution in [0.15, 0.2) is 52.9 Å². The Morgan fingerprint density at radius 3 is 2.61 bits per heavy atom. The van der Waals surface area contributed by atoms with Gasteiger partial charge in [-0.25, -0.2) is 8.42 Å². The summed E-state index contributed by atoms with van der Waals surface area (Å²) >= 11 is 0. The number of ether oxygens (including phenoxy) is 2. The van der Waals surface area contributed by atoms with E-state index in [4.69, 9.17) is 15.2 Å². The third kappa shape index (κ3) is 6.15. The SMILES string of the molecule is CC(C)(COc1cccc2c1C(N)=NS(=O)(=O)C2)C(=O)CCCOCc1ccccc1. The standard InChI is InChI=1S/C23H28N2O5S/c1-23(2,20(26)12-7-13-29-14-17-8-4-3-5-9-17)16-30-19-11-6-10-18-15-31(27,28)25-22(24)21(18)19/h3-6,8-11H,7,12-16H2,1-2H3,(H2,24,25). The van der Waals surface area contributed by atoms with Crippen LogP contribution in [-0.2, 0) is 31.9 Å². The Morgan fingerprint density at radius 2 is 1.87 bits per heavy atom. The highest BCUT2D eigenvalue weighted by molar-refractivity contribution is 7.89. The molecule has 0 spiro atoms. The summed E-state index contributed by atoms with van der Waals surface area (Å²) in [5.74, 6) is 0.202. The van der Waals surface area contributed by atoms with Crippen LogP contribution in [0.1, 0.15) is 43.4 Å². The molecule has 0 atom stereocenters. The molecule has 8 heteroatoms. The summed E-state index contributed by atoms with van der Waals surface area (Å²) in [6.07, 6.45) is 1.02. The number of Topliss-reactive ketones (excluding diaryl/α,β-unsaturated/α-hetero) is 1. The number of carbonyl (C=O) groups excluding carboxylic acids is 1. The van der Waals surface area contributed by atoms with Crippen molar-refractivity contribution in [2.24, 2.45) is 15.5 Å². The summed E-state index contributed by atoms with van der Waals surface area (Å²) in [4.78, 5) is 12.7. The number of benzene rings is 2. The van der Waals surface area contributed by atoms with Crippen LogP contribution >= 0.6 is 0 Å². The second kappa shape index (κ2) is 9.62. The Labute approximate surface area is 183 Å². The van der Waals surface area contributed by atoms with Gasteiger partial charge in [0, 0.05) is 13.0 Å². The van der Waals surface area contributed by atoms with Gasteiger partial charge in [0.05, 0.1) is 23.3 Å². The first kappa shape index (κ1) is 23.0. The molecular formula is C23H28N2O5S. The van der Waals surface area contributed by atoms with Gasteiger partial charge in [-0.05, 0) is 37.5 Å². The Hall–Kier alpha value is -2.71. The van der Waals surface area contributed by atoms with Crippen LogP contribution in [0.2, 0.25) is 0 Å². The Morgan fingerprint density at radius 1 is 1.13 bits per heavy atom. The van der Waals surface area contributed by atoms with E-state index in [9.17, 15) is 13.2 Å². The van der Waals surface area contributed by atoms with Crippen LogP contribution in [0.25, 0.3) is 0 Å². The first-order valence-corrected chi connectivity index (χ1v) is 11.8. The number of ketones is 1. The summed E-state index contributed by atoms with van der Waals surface area (Å²) < 4.78 is 38.7. The quantitative estimate of drug-likeness (QED) is 0.564. The normalized spacial score (nSPS) is 15.1. The highest BCUT2D eigenvalue weighted by atomic mass is 32.2. The van der Waals surface area contributed by atoms with Gasteiger partial charge >= 0.3 is 0 Å². The molecule has 2 aromatic rings. The number of hydrogen-bond donors (Lipinski definition) is 1. The number of nitrogens with two attached hydrogens (primary N) is 1. The van der Waals surface area contributed by atoms with Crippen LogP contribution in [0, 0.1) is 5.41 Å². The molecule has 0 fully saturated rings. The average Bonchev–Trinajstić information content (AvgIpc) is 2.71. The fraction of sp³-hybridized carbons (Fsp3) is 0.391. The van der Waals surface area contributed by atoms with Gasteiger partial charge in [0.15, 0.2) is 0 Å². The van der Waals surface area contributed by atoms with E-state index in [1.54, 1.807) is 18.2 Å². The molecular weight excluding hydrogens is 416 g/mol. The van der Waals surface area contributed by atoms with Crippen molar-refractivity contribution in [1.82, 2.24) is 0 Å². The zero-order valence-corrected chi connectivity index (χ0v) is 18.7. The zero-order chi connectivity index (χ0) is 22.5. The maximum atomic E-state index is 12.7. The molecule has 3 rings (SSSR count). The predicted molar refractivity (Wildman–Crippen MR) is 119 cm³/mol. The first-order chi connectivity index (χ1) is 14.7. The molecule has 0 amide bonds. The van der Waals surface area contributed by atoms with E-state index in [0.717, 1.165) is 5.56 Å². The van der Waals surface area contributed by atoms with Crippen molar-refractivity contribution in [3.05, 3.63) is 65.2 Å². The van der Waals surface area contributed by atoms with Crippen molar-refractivity contribution in [2.75, 3.05) is 13.2 Å². The van der Waals surface area contributed by atoms with Crippen molar-refractivity contribution < 1.29 is 22.7 Å². The topological polar surface area (TPSA) is 108 Å². The summed E-state index contributed by atoms with van der Waals surface area (Å²) in [7, 11) is -3.61. The third-order valence-electron chi connectivity index (χ3n) is 5.09. The van der Waals surface area contributed by atoms with Gasteiger partial charge in [-0.3, -0.25) is 4.79 Å². The van der Waals surface area contributed by atoms with Gasteiger partial charge in [0.1, 0.15) is 24.0 Å². The van der Waals surface area contributed by atoms with Gasteiger partial charge in [0.25, 0.3) is 10.0 Å². The highest BCUT2D eigenvalue weighted by Gasteiger charge is 2.30. The molecule has 31 heavy (non-hydrogen) atoms. The Kier molecular flexibility index (Phi) is 7.12. The predicted octanol–water partition coefficient (Wildman–Crippen LogP) is 3.21. The molecule has 0 saturated heterocycles. The summed E-state index contributed by atoms with van der Waals surface area (Å²) in [5.41, 5.74) is 7.28. The number of hydrogen-bond acceptors (Lipinski definition) is 6. The molecule has 0 radical (unpaired) electrons. The van der Waals surface area contributed by atoms with Crippen molar-refractivity contribution in [2.45, 2.75) is 39.0 Å². The minimum atomic E-state index is -3.61. The maximum Gasteiger partial charge on any atom is 0.259 e. The van der Waals surface area contributed by atoms with E-state index < -0.39 is 15.4 Å². The van der Waals surface area contributed by atoms with Gasteiger partial charge in [-0.15, -0.1) is 4.40 Å². The number of fused-ring (bicyclic) bond motifs is 1. The Bertz CT molecular complexity index is 1060. The lowest BCUT2D eigenvalue weighted by atomic mass is 9.86. The molecule has 166 valence electrons. The number of carbonyl (C=O) groups is 1. The fourth-order valence-corrected chi connectivity index (χ4v) is 4.40. The zero-order valence-electron chi connectivity index (χ0n) is 17.8. The van der Waals surface area contributed by atoms with Crippen molar-refractivity contribution >= 4 is 21.6 Å². The minimum absolute atomic E-state index is 0.0739. The lowest BCUT2D eigenvalue weighted by molar-refractivity contribution is -0.129. The average molecular weight is 445 g/mol. The Balaban J connectivity index is 1.51. The van der Waals surface area contributed by atoms with Crippen LogP contribution in [0.3, 0.4) is 0 Å². The van der Waals surface area contributed by atoms with Gasteiger partial charge in [0.2, 0.25) is 0 Å². The van der Waals surface area contributed by atoms with E-state index in [-0.39, 0.29) is 24.0 Å². The molecule has 7 nitrogen and oxygen atoms in total. The molecule has 0 saturated carbocycles. The summed E-state index contributed by atoms with van der Waals surface area (Å²) in [6.45, 7) is 4.84. The van der Waals surface area contributed by atoms with Crippen molar-refractivity contribution in [1.29, 1.82) is 0 Å². The second-order valence-corrected chi connectivity index (χ2v) is 9.87. The van der Waals surface area contributed by atoms with E-state index in [2.05, 4.69) is 4.40 Å². The van der Waals surface area contributed by atoms with E-state index >= 15 is 0 Å². The van der Waals surface area contributed by atoms with Crippen LogP contribution in [0.4, 0.5) is 0 Å².